The number of nitrogens with zero attached hydrogens (tertiary/aromatic N) is 2. The topological polar surface area (TPSA) is 36.4 Å². The average molecular weight is 260 g/mol. The number of pyridine rings is 1. The van der Waals surface area contributed by atoms with Crippen molar-refractivity contribution in [1.82, 2.24) is 4.98 Å². The van der Waals surface area contributed by atoms with Gasteiger partial charge >= 0.3 is 0 Å². The largest absolute Gasteiger partial charge is 0.392 e. The molecule has 3 heteroatoms. The maximum atomic E-state index is 9.42. The quantitative estimate of drug-likeness (QED) is 0.887. The molecule has 19 heavy (non-hydrogen) atoms. The van der Waals surface area contributed by atoms with Crippen LogP contribution in [-0.4, -0.2) is 23.2 Å². The summed E-state index contributed by atoms with van der Waals surface area (Å²) in [5, 5.41) is 9.42. The molecule has 0 radical (unpaired) electrons. The van der Waals surface area contributed by atoms with Crippen molar-refractivity contribution >= 4 is 5.69 Å². The zero-order chi connectivity index (χ0) is 13.1. The molecule has 0 bridgehead atoms. The minimum Gasteiger partial charge on any atom is -0.392 e. The molecule has 0 amide bonds. The van der Waals surface area contributed by atoms with E-state index in [0.29, 0.717) is 5.41 Å². The first-order valence-electron chi connectivity index (χ1n) is 7.62. The Hall–Kier alpha value is -1.09. The third-order valence-corrected chi connectivity index (χ3v) is 5.13. The van der Waals surface area contributed by atoms with Gasteiger partial charge in [0.1, 0.15) is 0 Å². The molecule has 1 aliphatic carbocycles. The van der Waals surface area contributed by atoms with Gasteiger partial charge in [-0.15, -0.1) is 0 Å². The molecule has 1 saturated heterocycles. The highest BCUT2D eigenvalue weighted by Gasteiger charge is 2.35. The molecule has 1 spiro atoms. The van der Waals surface area contributed by atoms with Crippen LogP contribution in [-0.2, 0) is 6.61 Å². The van der Waals surface area contributed by atoms with Crippen molar-refractivity contribution in [2.24, 2.45) is 5.41 Å². The van der Waals surface area contributed by atoms with Crippen LogP contribution in [0.2, 0.25) is 0 Å². The van der Waals surface area contributed by atoms with E-state index >= 15 is 0 Å². The van der Waals surface area contributed by atoms with Gasteiger partial charge in [0.25, 0.3) is 0 Å². The second-order valence-electron chi connectivity index (χ2n) is 6.21. The van der Waals surface area contributed by atoms with Gasteiger partial charge < -0.3 is 10.0 Å². The Morgan fingerprint density at radius 1 is 1.11 bits per heavy atom. The van der Waals surface area contributed by atoms with Gasteiger partial charge in [0.2, 0.25) is 0 Å². The monoisotopic (exact) mass is 260 g/mol. The lowest BCUT2D eigenvalue weighted by atomic mass is 9.68. The fraction of sp³-hybridized carbons (Fsp3) is 0.688. The zero-order valence-corrected chi connectivity index (χ0v) is 11.6. The molecule has 1 saturated carbocycles. The van der Waals surface area contributed by atoms with Gasteiger partial charge in [0.05, 0.1) is 6.61 Å². The van der Waals surface area contributed by atoms with Crippen LogP contribution in [0.3, 0.4) is 0 Å². The lowest BCUT2D eigenvalue weighted by Crippen LogP contribution is -2.41. The predicted molar refractivity (Wildman–Crippen MR) is 77.1 cm³/mol. The molecule has 1 aromatic heterocycles. The molecule has 1 N–H and O–H groups in total. The van der Waals surface area contributed by atoms with Crippen LogP contribution in [0.4, 0.5) is 5.69 Å². The summed E-state index contributed by atoms with van der Waals surface area (Å²) in [6.45, 7) is 2.36. The number of aliphatic hydroxyl groups excluding tert-OH is 1. The molecule has 2 fully saturated rings. The summed E-state index contributed by atoms with van der Waals surface area (Å²) in [7, 11) is 0. The fourth-order valence-corrected chi connectivity index (χ4v) is 3.87. The molecular formula is C16H24N2O. The van der Waals surface area contributed by atoms with E-state index in [9.17, 15) is 5.11 Å². The Balaban J connectivity index is 1.69. The van der Waals surface area contributed by atoms with Gasteiger partial charge in [0, 0.05) is 36.7 Å². The standard InChI is InChI=1S/C16H24N2O/c19-13-14-12-17-9-4-15(14)18-10-7-16(8-11-18)5-2-1-3-6-16/h4,9,12,19H,1-3,5-8,10-11,13H2. The van der Waals surface area contributed by atoms with Crippen molar-refractivity contribution in [2.75, 3.05) is 18.0 Å². The fourth-order valence-electron chi connectivity index (χ4n) is 3.87. The number of aliphatic hydroxyl groups is 1. The zero-order valence-electron chi connectivity index (χ0n) is 11.6. The molecule has 0 atom stereocenters. The predicted octanol–water partition coefficient (Wildman–Crippen LogP) is 3.12. The van der Waals surface area contributed by atoms with Crippen molar-refractivity contribution in [1.29, 1.82) is 0 Å². The highest BCUT2D eigenvalue weighted by Crippen LogP contribution is 2.45. The molecular weight excluding hydrogens is 236 g/mol. The Labute approximate surface area is 115 Å². The van der Waals surface area contributed by atoms with Gasteiger partial charge in [-0.25, -0.2) is 0 Å². The van der Waals surface area contributed by atoms with Crippen LogP contribution in [0.1, 0.15) is 50.5 Å². The highest BCUT2D eigenvalue weighted by atomic mass is 16.3. The third-order valence-electron chi connectivity index (χ3n) is 5.13. The highest BCUT2D eigenvalue weighted by molar-refractivity contribution is 5.52. The smallest absolute Gasteiger partial charge is 0.0717 e. The molecule has 1 aliphatic heterocycles. The number of hydrogen-bond acceptors (Lipinski definition) is 3. The van der Waals surface area contributed by atoms with Crippen LogP contribution in [0.5, 0.6) is 0 Å². The van der Waals surface area contributed by atoms with Gasteiger partial charge in [0.15, 0.2) is 0 Å². The Bertz CT molecular complexity index is 417. The Kier molecular flexibility index (Phi) is 3.74. The summed E-state index contributed by atoms with van der Waals surface area (Å²) in [6, 6.07) is 2.05. The average Bonchev–Trinajstić information content (AvgIpc) is 2.49. The van der Waals surface area contributed by atoms with Crippen LogP contribution in [0.25, 0.3) is 0 Å². The van der Waals surface area contributed by atoms with E-state index in [-0.39, 0.29) is 6.61 Å². The molecule has 0 unspecified atom stereocenters. The van der Waals surface area contributed by atoms with E-state index < -0.39 is 0 Å². The minimum atomic E-state index is 0.0881. The van der Waals surface area contributed by atoms with Gasteiger partial charge in [-0.1, -0.05) is 19.3 Å². The minimum absolute atomic E-state index is 0.0881. The summed E-state index contributed by atoms with van der Waals surface area (Å²) in [5.74, 6) is 0. The van der Waals surface area contributed by atoms with Crippen molar-refractivity contribution in [3.05, 3.63) is 24.0 Å². The second-order valence-corrected chi connectivity index (χ2v) is 6.21. The maximum absolute atomic E-state index is 9.42. The SMILES string of the molecule is OCc1cnccc1N1CCC2(CCCCC2)CC1. The summed E-state index contributed by atoms with van der Waals surface area (Å²) in [6.07, 6.45) is 13.4. The van der Waals surface area contributed by atoms with E-state index in [1.807, 2.05) is 12.3 Å². The lowest BCUT2D eigenvalue weighted by Gasteiger charge is -2.45. The van der Waals surface area contributed by atoms with Gasteiger partial charge in [-0.05, 0) is 37.2 Å². The number of piperidine rings is 1. The number of aromatic nitrogens is 1. The van der Waals surface area contributed by atoms with Crippen molar-refractivity contribution < 1.29 is 5.11 Å². The van der Waals surface area contributed by atoms with Crippen LogP contribution >= 0.6 is 0 Å². The Morgan fingerprint density at radius 3 is 2.53 bits per heavy atom. The number of anilines is 1. The van der Waals surface area contributed by atoms with E-state index in [1.165, 1.54) is 50.6 Å². The molecule has 2 aliphatic rings. The first-order valence-corrected chi connectivity index (χ1v) is 7.62. The molecule has 3 nitrogen and oxygen atoms in total. The summed E-state index contributed by atoms with van der Waals surface area (Å²) in [5.41, 5.74) is 2.78. The number of hydrogen-bond donors (Lipinski definition) is 1. The first-order chi connectivity index (χ1) is 9.33. The summed E-state index contributed by atoms with van der Waals surface area (Å²) < 4.78 is 0. The van der Waals surface area contributed by atoms with Crippen LogP contribution in [0.15, 0.2) is 18.5 Å². The van der Waals surface area contributed by atoms with E-state index in [0.717, 1.165) is 18.7 Å². The lowest BCUT2D eigenvalue weighted by molar-refractivity contribution is 0.144. The third kappa shape index (κ3) is 2.62. The summed E-state index contributed by atoms with van der Waals surface area (Å²) >= 11 is 0. The Morgan fingerprint density at radius 2 is 1.84 bits per heavy atom. The molecule has 3 rings (SSSR count). The van der Waals surface area contributed by atoms with Gasteiger partial charge in [-0.3, -0.25) is 4.98 Å². The van der Waals surface area contributed by atoms with Crippen molar-refractivity contribution in [3.8, 4) is 0 Å². The van der Waals surface area contributed by atoms with Crippen molar-refractivity contribution in [2.45, 2.75) is 51.6 Å². The molecule has 0 aromatic carbocycles. The van der Waals surface area contributed by atoms with E-state index in [2.05, 4.69) is 9.88 Å². The maximum Gasteiger partial charge on any atom is 0.0717 e. The summed E-state index contributed by atoms with van der Waals surface area (Å²) in [4.78, 5) is 6.55. The van der Waals surface area contributed by atoms with E-state index in [1.54, 1.807) is 6.20 Å². The molecule has 1 aromatic rings. The normalized spacial score (nSPS) is 22.7. The van der Waals surface area contributed by atoms with E-state index in [4.69, 9.17) is 0 Å². The van der Waals surface area contributed by atoms with Gasteiger partial charge in [-0.2, -0.15) is 0 Å². The van der Waals surface area contributed by atoms with Crippen LogP contribution in [0, 0.1) is 5.41 Å². The molecule has 2 heterocycles. The first kappa shape index (κ1) is 12.9. The van der Waals surface area contributed by atoms with Crippen LogP contribution < -0.4 is 4.90 Å². The second kappa shape index (κ2) is 5.49. The molecule has 104 valence electrons. The number of rotatable bonds is 2. The van der Waals surface area contributed by atoms with Crippen molar-refractivity contribution in [3.63, 3.8) is 0 Å².